The molecule has 0 saturated heterocycles. The Kier molecular flexibility index (Phi) is 11.0. The summed E-state index contributed by atoms with van der Waals surface area (Å²) in [4.78, 5) is 9.28. The molecule has 0 aliphatic heterocycles. The van der Waals surface area contributed by atoms with Crippen molar-refractivity contribution >= 4 is 0 Å². The Morgan fingerprint density at radius 2 is 1.38 bits per heavy atom. The van der Waals surface area contributed by atoms with Crippen LogP contribution in [0, 0.1) is 11.8 Å². The molecular formula is C29H44N2O. The third-order valence-corrected chi connectivity index (χ3v) is 7.11. The summed E-state index contributed by atoms with van der Waals surface area (Å²) in [5, 5.41) is 0. The van der Waals surface area contributed by atoms with Crippen molar-refractivity contribution in [2.75, 3.05) is 6.61 Å². The molecule has 1 aliphatic carbocycles. The summed E-state index contributed by atoms with van der Waals surface area (Å²) in [5.74, 6) is 3.63. The van der Waals surface area contributed by atoms with Gasteiger partial charge in [0, 0.05) is 18.0 Å². The lowest BCUT2D eigenvalue weighted by molar-refractivity contribution is 0.249. The Morgan fingerprint density at radius 1 is 0.750 bits per heavy atom. The van der Waals surface area contributed by atoms with Crippen molar-refractivity contribution in [3.8, 4) is 17.1 Å². The lowest BCUT2D eigenvalue weighted by Gasteiger charge is -2.28. The number of hydrogen-bond acceptors (Lipinski definition) is 3. The average molecular weight is 437 g/mol. The number of rotatable bonds is 14. The number of aryl methyl sites for hydroxylation is 1. The van der Waals surface area contributed by atoms with Gasteiger partial charge >= 0.3 is 0 Å². The van der Waals surface area contributed by atoms with Gasteiger partial charge in [0.05, 0.1) is 6.61 Å². The molecule has 0 amide bonds. The van der Waals surface area contributed by atoms with Crippen molar-refractivity contribution in [3.05, 3.63) is 42.2 Å². The van der Waals surface area contributed by atoms with Gasteiger partial charge in [0.1, 0.15) is 5.75 Å². The fraction of sp³-hybridized carbons (Fsp3) is 0.655. The minimum atomic E-state index is 0.797. The summed E-state index contributed by atoms with van der Waals surface area (Å²) in [5.41, 5.74) is 2.32. The second-order valence-corrected chi connectivity index (χ2v) is 9.77. The van der Waals surface area contributed by atoms with Crippen LogP contribution in [0.5, 0.6) is 5.75 Å². The number of aromatic nitrogens is 2. The Labute approximate surface area is 196 Å². The highest BCUT2D eigenvalue weighted by Gasteiger charge is 2.20. The van der Waals surface area contributed by atoms with E-state index in [0.29, 0.717) is 0 Å². The molecule has 3 nitrogen and oxygen atoms in total. The zero-order valence-corrected chi connectivity index (χ0v) is 20.5. The molecule has 0 bridgehead atoms. The third kappa shape index (κ3) is 8.56. The molecule has 0 spiro atoms. The molecule has 2 aromatic rings. The van der Waals surface area contributed by atoms with Crippen LogP contribution in [0.2, 0.25) is 0 Å². The van der Waals surface area contributed by atoms with E-state index in [1.807, 2.05) is 24.5 Å². The van der Waals surface area contributed by atoms with Gasteiger partial charge in [0.15, 0.2) is 5.82 Å². The molecule has 32 heavy (non-hydrogen) atoms. The van der Waals surface area contributed by atoms with E-state index in [2.05, 4.69) is 35.9 Å². The van der Waals surface area contributed by atoms with Gasteiger partial charge in [-0.05, 0) is 60.9 Å². The lowest BCUT2D eigenvalue weighted by atomic mass is 9.78. The van der Waals surface area contributed by atoms with E-state index < -0.39 is 0 Å². The maximum atomic E-state index is 5.84. The molecule has 0 unspecified atom stereocenters. The van der Waals surface area contributed by atoms with E-state index in [1.165, 1.54) is 82.6 Å². The Bertz CT molecular complexity index is 733. The van der Waals surface area contributed by atoms with E-state index >= 15 is 0 Å². The second kappa shape index (κ2) is 14.3. The van der Waals surface area contributed by atoms with Crippen molar-refractivity contribution in [3.63, 3.8) is 0 Å². The summed E-state index contributed by atoms with van der Waals surface area (Å²) >= 11 is 0. The Hall–Kier alpha value is -1.90. The zero-order valence-electron chi connectivity index (χ0n) is 20.5. The molecule has 0 atom stereocenters. The minimum absolute atomic E-state index is 0.797. The molecule has 3 rings (SSSR count). The number of nitrogens with zero attached hydrogens (tertiary/aromatic N) is 2. The van der Waals surface area contributed by atoms with Gasteiger partial charge in [-0.2, -0.15) is 0 Å². The monoisotopic (exact) mass is 436 g/mol. The van der Waals surface area contributed by atoms with Crippen molar-refractivity contribution in [2.45, 2.75) is 104 Å². The van der Waals surface area contributed by atoms with E-state index in [4.69, 9.17) is 4.74 Å². The van der Waals surface area contributed by atoms with Crippen LogP contribution in [0.15, 0.2) is 36.7 Å². The molecule has 1 aliphatic rings. The average Bonchev–Trinajstić information content (AvgIpc) is 2.84. The normalized spacial score (nSPS) is 18.6. The van der Waals surface area contributed by atoms with Crippen LogP contribution in [0.4, 0.5) is 0 Å². The molecule has 1 heterocycles. The third-order valence-electron chi connectivity index (χ3n) is 7.11. The summed E-state index contributed by atoms with van der Waals surface area (Å²) in [7, 11) is 0. The predicted octanol–water partition coefficient (Wildman–Crippen LogP) is 8.42. The Balaban J connectivity index is 1.38. The molecule has 1 saturated carbocycles. The molecule has 1 fully saturated rings. The highest BCUT2D eigenvalue weighted by Crippen LogP contribution is 2.34. The van der Waals surface area contributed by atoms with Crippen LogP contribution in [0.25, 0.3) is 11.4 Å². The van der Waals surface area contributed by atoms with Gasteiger partial charge in [0.2, 0.25) is 0 Å². The summed E-state index contributed by atoms with van der Waals surface area (Å²) in [6, 6.07) is 8.20. The van der Waals surface area contributed by atoms with Crippen LogP contribution < -0.4 is 4.74 Å². The van der Waals surface area contributed by atoms with E-state index in [1.54, 1.807) is 0 Å². The second-order valence-electron chi connectivity index (χ2n) is 9.77. The van der Waals surface area contributed by atoms with Crippen LogP contribution in [-0.4, -0.2) is 16.6 Å². The first-order valence-electron chi connectivity index (χ1n) is 13.3. The SMILES string of the molecule is CCCCCCOc1ccc(-c2ncc(CC[C@H]3CC[C@H](CCCCC)CC3)cn2)cc1. The van der Waals surface area contributed by atoms with E-state index in [9.17, 15) is 0 Å². The first kappa shape index (κ1) is 24.7. The summed E-state index contributed by atoms with van der Waals surface area (Å²) in [6.45, 7) is 5.33. The molecular weight excluding hydrogens is 392 g/mol. The van der Waals surface area contributed by atoms with E-state index in [-0.39, 0.29) is 0 Å². The van der Waals surface area contributed by atoms with Crippen molar-refractivity contribution in [1.29, 1.82) is 0 Å². The Morgan fingerprint density at radius 3 is 2.03 bits per heavy atom. The first-order chi connectivity index (χ1) is 15.8. The zero-order chi connectivity index (χ0) is 22.4. The molecule has 3 heteroatoms. The van der Waals surface area contributed by atoms with Crippen molar-refractivity contribution in [2.24, 2.45) is 11.8 Å². The van der Waals surface area contributed by atoms with Crippen LogP contribution >= 0.6 is 0 Å². The topological polar surface area (TPSA) is 35.0 Å². The van der Waals surface area contributed by atoms with Crippen molar-refractivity contribution < 1.29 is 4.74 Å². The highest BCUT2D eigenvalue weighted by molar-refractivity contribution is 5.55. The largest absolute Gasteiger partial charge is 0.494 e. The molecule has 0 N–H and O–H groups in total. The maximum Gasteiger partial charge on any atom is 0.159 e. The van der Waals surface area contributed by atoms with Gasteiger partial charge in [0.25, 0.3) is 0 Å². The quantitative estimate of drug-likeness (QED) is 0.279. The maximum absolute atomic E-state index is 5.84. The number of ether oxygens (including phenoxy) is 1. The summed E-state index contributed by atoms with van der Waals surface area (Å²) in [6.07, 6.45) is 22.7. The van der Waals surface area contributed by atoms with E-state index in [0.717, 1.165) is 48.4 Å². The van der Waals surface area contributed by atoms with Gasteiger partial charge in [-0.15, -0.1) is 0 Å². The molecule has 0 radical (unpaired) electrons. The van der Waals surface area contributed by atoms with Crippen molar-refractivity contribution in [1.82, 2.24) is 9.97 Å². The fourth-order valence-electron chi connectivity index (χ4n) is 4.91. The number of benzene rings is 1. The standard InChI is InChI=1S/C29H44N2O/c1-3-5-7-9-21-32-28-19-17-27(18-20-28)29-30-22-26(23-31-29)16-15-25-13-11-24(12-14-25)10-8-6-4-2/h17-20,22-25H,3-16,21H2,1-2H3/t24-,25-. The van der Waals surface area contributed by atoms with Gasteiger partial charge in [-0.25, -0.2) is 9.97 Å². The van der Waals surface area contributed by atoms with Crippen LogP contribution in [0.3, 0.4) is 0 Å². The van der Waals surface area contributed by atoms with Gasteiger partial charge < -0.3 is 4.74 Å². The number of unbranched alkanes of at least 4 members (excludes halogenated alkanes) is 5. The van der Waals surface area contributed by atoms with Gasteiger partial charge in [-0.1, -0.05) is 84.5 Å². The predicted molar refractivity (Wildman–Crippen MR) is 135 cm³/mol. The van der Waals surface area contributed by atoms with Crippen LogP contribution in [-0.2, 0) is 6.42 Å². The summed E-state index contributed by atoms with van der Waals surface area (Å²) < 4.78 is 5.84. The minimum Gasteiger partial charge on any atom is -0.494 e. The van der Waals surface area contributed by atoms with Crippen LogP contribution in [0.1, 0.15) is 103 Å². The molecule has 176 valence electrons. The highest BCUT2D eigenvalue weighted by atomic mass is 16.5. The molecule has 1 aromatic carbocycles. The smallest absolute Gasteiger partial charge is 0.159 e. The lowest BCUT2D eigenvalue weighted by Crippen LogP contribution is -2.15. The molecule has 1 aromatic heterocycles. The van der Waals surface area contributed by atoms with Gasteiger partial charge in [-0.3, -0.25) is 0 Å². The number of hydrogen-bond donors (Lipinski definition) is 0. The first-order valence-corrected chi connectivity index (χ1v) is 13.3. The fourth-order valence-corrected chi connectivity index (χ4v) is 4.91.